The first-order valence-corrected chi connectivity index (χ1v) is 6.63. The maximum atomic E-state index is 6.17. The molecule has 18 heavy (non-hydrogen) atoms. The fourth-order valence-corrected chi connectivity index (χ4v) is 1.79. The van der Waals surface area contributed by atoms with Gasteiger partial charge in [-0.3, -0.25) is 0 Å². The summed E-state index contributed by atoms with van der Waals surface area (Å²) in [6, 6.07) is 5.83. The van der Waals surface area contributed by atoms with Crippen LogP contribution in [0.3, 0.4) is 0 Å². The van der Waals surface area contributed by atoms with Crippen molar-refractivity contribution in [3.05, 3.63) is 40.9 Å². The van der Waals surface area contributed by atoms with Gasteiger partial charge < -0.3 is 10.1 Å². The first kappa shape index (κ1) is 15.1. The summed E-state index contributed by atoms with van der Waals surface area (Å²) in [6.45, 7) is 12.4. The highest BCUT2D eigenvalue weighted by atomic mass is 35.5. The first-order chi connectivity index (χ1) is 8.50. The van der Waals surface area contributed by atoms with Crippen LogP contribution in [0.4, 0.5) is 0 Å². The third-order valence-corrected chi connectivity index (χ3v) is 2.68. The van der Waals surface area contributed by atoms with Crippen LogP contribution in [-0.2, 0) is 6.54 Å². The molecule has 3 heteroatoms. The molecule has 0 unspecified atom stereocenters. The smallest absolute Gasteiger partial charge is 0.142 e. The maximum absolute atomic E-state index is 6.17. The number of hydrogen-bond donors (Lipinski definition) is 1. The van der Waals surface area contributed by atoms with Crippen molar-refractivity contribution >= 4 is 11.6 Å². The molecule has 100 valence electrons. The van der Waals surface area contributed by atoms with Gasteiger partial charge in [0.25, 0.3) is 0 Å². The Labute approximate surface area is 115 Å². The molecule has 1 aromatic rings. The van der Waals surface area contributed by atoms with Gasteiger partial charge in [0, 0.05) is 12.1 Å². The van der Waals surface area contributed by atoms with Gasteiger partial charge in [-0.2, -0.15) is 0 Å². The Morgan fingerprint density at radius 2 is 2.17 bits per heavy atom. The second-order valence-corrected chi connectivity index (χ2v) is 5.41. The minimum atomic E-state index is 0.501. The molecule has 0 atom stereocenters. The highest BCUT2D eigenvalue weighted by Crippen LogP contribution is 2.28. The van der Waals surface area contributed by atoms with Gasteiger partial charge in [0.2, 0.25) is 0 Å². The van der Waals surface area contributed by atoms with Crippen molar-refractivity contribution in [3.8, 4) is 5.75 Å². The summed E-state index contributed by atoms with van der Waals surface area (Å²) in [7, 11) is 0. The average Bonchev–Trinajstić information content (AvgIpc) is 2.27. The highest BCUT2D eigenvalue weighted by molar-refractivity contribution is 6.32. The van der Waals surface area contributed by atoms with Gasteiger partial charge in [-0.25, -0.2) is 0 Å². The Kier molecular flexibility index (Phi) is 6.23. The van der Waals surface area contributed by atoms with Crippen LogP contribution in [0, 0.1) is 5.92 Å². The second-order valence-electron chi connectivity index (χ2n) is 5.00. The molecule has 0 aliphatic carbocycles. The van der Waals surface area contributed by atoms with Crippen molar-refractivity contribution in [2.45, 2.75) is 27.3 Å². The van der Waals surface area contributed by atoms with E-state index in [4.69, 9.17) is 16.3 Å². The summed E-state index contributed by atoms with van der Waals surface area (Å²) in [4.78, 5) is 0. The quantitative estimate of drug-likeness (QED) is 0.753. The van der Waals surface area contributed by atoms with Gasteiger partial charge in [0.15, 0.2) is 0 Å². The molecule has 1 aromatic carbocycles. The molecule has 0 saturated heterocycles. The number of para-hydroxylation sites is 1. The zero-order valence-corrected chi connectivity index (χ0v) is 12.2. The van der Waals surface area contributed by atoms with E-state index in [0.29, 0.717) is 17.5 Å². The van der Waals surface area contributed by atoms with E-state index in [2.05, 4.69) is 25.7 Å². The lowest BCUT2D eigenvalue weighted by atomic mass is 10.1. The Bertz CT molecular complexity index is 401. The molecule has 0 saturated carbocycles. The molecule has 1 rings (SSSR count). The maximum Gasteiger partial charge on any atom is 0.142 e. The lowest BCUT2D eigenvalue weighted by molar-refractivity contribution is 0.347. The Hall–Kier alpha value is -0.990. The van der Waals surface area contributed by atoms with Gasteiger partial charge in [-0.05, 0) is 31.0 Å². The summed E-state index contributed by atoms with van der Waals surface area (Å²) < 4.78 is 5.72. The molecule has 1 N–H and O–H groups in total. The van der Waals surface area contributed by atoms with E-state index in [-0.39, 0.29) is 0 Å². The topological polar surface area (TPSA) is 21.3 Å². The summed E-state index contributed by atoms with van der Waals surface area (Å²) in [5, 5.41) is 4.05. The number of rotatable bonds is 7. The van der Waals surface area contributed by atoms with Crippen LogP contribution >= 0.6 is 11.6 Å². The Morgan fingerprint density at radius 1 is 1.44 bits per heavy atom. The minimum Gasteiger partial charge on any atom is -0.487 e. The van der Waals surface area contributed by atoms with Crippen molar-refractivity contribution in [1.29, 1.82) is 0 Å². The van der Waals surface area contributed by atoms with Gasteiger partial charge in [0.1, 0.15) is 12.4 Å². The van der Waals surface area contributed by atoms with Crippen molar-refractivity contribution in [2.24, 2.45) is 5.92 Å². The summed E-state index contributed by atoms with van der Waals surface area (Å²) in [5.41, 5.74) is 2.07. The van der Waals surface area contributed by atoms with E-state index >= 15 is 0 Å². The van der Waals surface area contributed by atoms with Gasteiger partial charge in [-0.15, -0.1) is 0 Å². The van der Waals surface area contributed by atoms with E-state index in [1.165, 1.54) is 0 Å². The summed E-state index contributed by atoms with van der Waals surface area (Å²) >= 11 is 6.17. The largest absolute Gasteiger partial charge is 0.487 e. The molecule has 0 aliphatic heterocycles. The molecule has 0 aliphatic rings. The molecular weight excluding hydrogens is 246 g/mol. The van der Waals surface area contributed by atoms with Crippen LogP contribution in [0.15, 0.2) is 30.4 Å². The summed E-state index contributed by atoms with van der Waals surface area (Å²) in [5.74, 6) is 1.39. The molecule has 0 radical (unpaired) electrons. The number of hydrogen-bond acceptors (Lipinski definition) is 2. The summed E-state index contributed by atoms with van der Waals surface area (Å²) in [6.07, 6.45) is 0. The van der Waals surface area contributed by atoms with E-state index in [9.17, 15) is 0 Å². The highest BCUT2D eigenvalue weighted by Gasteiger charge is 2.08. The lowest BCUT2D eigenvalue weighted by Gasteiger charge is -2.14. The van der Waals surface area contributed by atoms with Gasteiger partial charge >= 0.3 is 0 Å². The van der Waals surface area contributed by atoms with E-state index in [1.54, 1.807) is 0 Å². The van der Waals surface area contributed by atoms with Gasteiger partial charge in [-0.1, -0.05) is 44.2 Å². The SMILES string of the molecule is C=C(C)COc1c(Cl)cccc1CNCC(C)C. The zero-order valence-electron chi connectivity index (χ0n) is 11.4. The van der Waals surface area contributed by atoms with Crippen molar-refractivity contribution < 1.29 is 4.74 Å². The van der Waals surface area contributed by atoms with E-state index in [1.807, 2.05) is 25.1 Å². The predicted octanol–water partition coefficient (Wildman–Crippen LogP) is 4.04. The van der Waals surface area contributed by atoms with Crippen LogP contribution in [-0.4, -0.2) is 13.2 Å². The van der Waals surface area contributed by atoms with Crippen molar-refractivity contribution in [2.75, 3.05) is 13.2 Å². The van der Waals surface area contributed by atoms with Crippen LogP contribution in [0.25, 0.3) is 0 Å². The molecule has 0 spiro atoms. The average molecular weight is 268 g/mol. The predicted molar refractivity (Wildman–Crippen MR) is 78.3 cm³/mol. The van der Waals surface area contributed by atoms with E-state index in [0.717, 1.165) is 30.0 Å². The zero-order chi connectivity index (χ0) is 13.5. The number of ether oxygens (including phenoxy) is 1. The molecule has 0 bridgehead atoms. The normalized spacial score (nSPS) is 10.7. The van der Waals surface area contributed by atoms with Crippen molar-refractivity contribution in [1.82, 2.24) is 5.32 Å². The fourth-order valence-electron chi connectivity index (χ4n) is 1.55. The van der Waals surface area contributed by atoms with Gasteiger partial charge in [0.05, 0.1) is 5.02 Å². The first-order valence-electron chi connectivity index (χ1n) is 6.26. The number of halogens is 1. The van der Waals surface area contributed by atoms with Crippen LogP contribution in [0.2, 0.25) is 5.02 Å². The fraction of sp³-hybridized carbons (Fsp3) is 0.467. The third kappa shape index (κ3) is 5.11. The molecule has 0 aromatic heterocycles. The minimum absolute atomic E-state index is 0.501. The number of nitrogens with one attached hydrogen (secondary N) is 1. The number of benzene rings is 1. The van der Waals surface area contributed by atoms with E-state index < -0.39 is 0 Å². The van der Waals surface area contributed by atoms with Crippen LogP contribution in [0.1, 0.15) is 26.3 Å². The third-order valence-electron chi connectivity index (χ3n) is 2.38. The monoisotopic (exact) mass is 267 g/mol. The van der Waals surface area contributed by atoms with Crippen LogP contribution in [0.5, 0.6) is 5.75 Å². The lowest BCUT2D eigenvalue weighted by Crippen LogP contribution is -2.19. The Morgan fingerprint density at radius 3 is 2.78 bits per heavy atom. The Balaban J connectivity index is 2.70. The molecule has 0 fully saturated rings. The standard InChI is InChI=1S/C15H22ClNO/c1-11(2)8-17-9-13-6-5-7-14(16)15(13)18-10-12(3)4/h5-7,11,17H,3,8-10H2,1-2,4H3. The van der Waals surface area contributed by atoms with Crippen LogP contribution < -0.4 is 10.1 Å². The molecule has 0 amide bonds. The molecule has 0 heterocycles. The van der Waals surface area contributed by atoms with Crippen molar-refractivity contribution in [3.63, 3.8) is 0 Å². The second kappa shape index (κ2) is 7.45. The molecule has 2 nitrogen and oxygen atoms in total. The molecular formula is C15H22ClNO.